The van der Waals surface area contributed by atoms with Crippen LogP contribution in [0.25, 0.3) is 0 Å². The van der Waals surface area contributed by atoms with Crippen molar-refractivity contribution in [3.05, 3.63) is 65.2 Å². The normalized spacial score (nSPS) is 10.2. The number of hydrogen-bond donors (Lipinski definition) is 2. The van der Waals surface area contributed by atoms with E-state index in [0.717, 1.165) is 17.5 Å². The molecule has 0 aromatic heterocycles. The van der Waals surface area contributed by atoms with Gasteiger partial charge in [-0.1, -0.05) is 36.4 Å². The van der Waals surface area contributed by atoms with E-state index < -0.39 is 0 Å². The average Bonchev–Trinajstić information content (AvgIpc) is 2.29. The Hall–Kier alpha value is -2.09. The van der Waals surface area contributed by atoms with Gasteiger partial charge in [0.1, 0.15) is 5.75 Å². The third-order valence-electron chi connectivity index (χ3n) is 2.71. The molecule has 0 atom stereocenters. The van der Waals surface area contributed by atoms with Crippen LogP contribution in [-0.4, -0.2) is 10.8 Å². The van der Waals surface area contributed by atoms with E-state index in [9.17, 15) is 5.11 Å². The molecule has 0 spiro atoms. The van der Waals surface area contributed by atoms with Gasteiger partial charge in [0.25, 0.3) is 0 Å². The average molecular weight is 225 g/mol. The zero-order chi connectivity index (χ0) is 12.3. The zero-order valence-electron chi connectivity index (χ0n) is 9.77. The largest absolute Gasteiger partial charge is 0.508 e. The van der Waals surface area contributed by atoms with E-state index in [-0.39, 0.29) is 0 Å². The van der Waals surface area contributed by atoms with Crippen LogP contribution in [0.3, 0.4) is 0 Å². The van der Waals surface area contributed by atoms with Crippen LogP contribution in [0, 0.1) is 5.41 Å². The number of benzene rings is 2. The van der Waals surface area contributed by atoms with Crippen LogP contribution in [0.15, 0.2) is 48.5 Å². The van der Waals surface area contributed by atoms with Gasteiger partial charge in [-0.25, -0.2) is 0 Å². The molecule has 0 unspecified atom stereocenters. The van der Waals surface area contributed by atoms with Crippen molar-refractivity contribution < 1.29 is 5.11 Å². The number of hydrogen-bond acceptors (Lipinski definition) is 2. The quantitative estimate of drug-likeness (QED) is 0.773. The Kier molecular flexibility index (Phi) is 3.24. The highest BCUT2D eigenvalue weighted by atomic mass is 16.3. The minimum Gasteiger partial charge on any atom is -0.508 e. The van der Waals surface area contributed by atoms with Crippen molar-refractivity contribution >= 4 is 5.71 Å². The topological polar surface area (TPSA) is 44.1 Å². The maximum atomic E-state index is 9.38. The Balaban J connectivity index is 2.16. The predicted molar refractivity (Wildman–Crippen MR) is 69.9 cm³/mol. The number of aromatic hydroxyl groups is 1. The monoisotopic (exact) mass is 225 g/mol. The maximum absolute atomic E-state index is 9.38. The highest BCUT2D eigenvalue weighted by Gasteiger charge is 1.99. The summed E-state index contributed by atoms with van der Waals surface area (Å²) < 4.78 is 0. The minimum atomic E-state index is 0.300. The van der Waals surface area contributed by atoms with Gasteiger partial charge in [0.05, 0.1) is 0 Å². The van der Waals surface area contributed by atoms with Crippen LogP contribution in [0.4, 0.5) is 0 Å². The first kappa shape index (κ1) is 11.4. The van der Waals surface area contributed by atoms with Crippen LogP contribution in [-0.2, 0) is 6.42 Å². The van der Waals surface area contributed by atoms with Gasteiger partial charge >= 0.3 is 0 Å². The smallest absolute Gasteiger partial charge is 0.115 e. The lowest BCUT2D eigenvalue weighted by Gasteiger charge is -2.04. The number of rotatable bonds is 3. The molecule has 2 N–H and O–H groups in total. The summed E-state index contributed by atoms with van der Waals surface area (Å²) in [5.74, 6) is 0.300. The van der Waals surface area contributed by atoms with Crippen molar-refractivity contribution in [2.75, 3.05) is 0 Å². The molecule has 0 heterocycles. The lowest BCUT2D eigenvalue weighted by atomic mass is 10.0. The molecule has 2 nitrogen and oxygen atoms in total. The van der Waals surface area contributed by atoms with Crippen LogP contribution in [0.2, 0.25) is 0 Å². The summed E-state index contributed by atoms with van der Waals surface area (Å²) in [6, 6.07) is 15.3. The standard InChI is InChI=1S/C15H15NO/c1-11(16)14-7-5-12(6-8-14)9-13-3-2-4-15(17)10-13/h2-8,10,16-17H,9H2,1H3. The van der Waals surface area contributed by atoms with Gasteiger partial charge in [-0.2, -0.15) is 0 Å². The summed E-state index contributed by atoms with van der Waals surface area (Å²) in [5, 5.41) is 16.9. The Labute approximate surface area is 101 Å². The molecular formula is C15H15NO. The van der Waals surface area contributed by atoms with Crippen molar-refractivity contribution in [3.63, 3.8) is 0 Å². The van der Waals surface area contributed by atoms with E-state index in [1.54, 1.807) is 19.1 Å². The summed E-state index contributed by atoms with van der Waals surface area (Å²) in [6.07, 6.45) is 0.797. The van der Waals surface area contributed by atoms with Crippen molar-refractivity contribution in [1.29, 1.82) is 5.41 Å². The molecule has 0 aliphatic carbocycles. The summed E-state index contributed by atoms with van der Waals surface area (Å²) in [7, 11) is 0. The Morgan fingerprint density at radius 3 is 2.35 bits per heavy atom. The van der Waals surface area contributed by atoms with Gasteiger partial charge in [0.2, 0.25) is 0 Å². The van der Waals surface area contributed by atoms with Crippen LogP contribution >= 0.6 is 0 Å². The number of nitrogens with one attached hydrogen (secondary N) is 1. The first-order chi connectivity index (χ1) is 8.15. The highest BCUT2D eigenvalue weighted by molar-refractivity contribution is 5.96. The first-order valence-corrected chi connectivity index (χ1v) is 5.57. The number of phenols is 1. The van der Waals surface area contributed by atoms with E-state index >= 15 is 0 Å². The van der Waals surface area contributed by atoms with Crippen molar-refractivity contribution in [2.45, 2.75) is 13.3 Å². The third kappa shape index (κ3) is 2.94. The van der Waals surface area contributed by atoms with Gasteiger partial charge < -0.3 is 10.5 Å². The molecule has 0 amide bonds. The van der Waals surface area contributed by atoms with Gasteiger partial charge in [-0.3, -0.25) is 0 Å². The molecule has 0 fully saturated rings. The first-order valence-electron chi connectivity index (χ1n) is 5.57. The van der Waals surface area contributed by atoms with Gasteiger partial charge in [-0.15, -0.1) is 0 Å². The van der Waals surface area contributed by atoms with Crippen molar-refractivity contribution in [3.8, 4) is 5.75 Å². The second-order valence-electron chi connectivity index (χ2n) is 4.17. The lowest BCUT2D eigenvalue weighted by Crippen LogP contribution is -1.93. The van der Waals surface area contributed by atoms with Crippen LogP contribution < -0.4 is 0 Å². The molecular weight excluding hydrogens is 210 g/mol. The van der Waals surface area contributed by atoms with E-state index in [2.05, 4.69) is 0 Å². The summed E-state index contributed by atoms with van der Waals surface area (Å²) in [6.45, 7) is 1.78. The molecule has 17 heavy (non-hydrogen) atoms. The predicted octanol–water partition coefficient (Wildman–Crippen LogP) is 3.37. The molecule has 2 heteroatoms. The fourth-order valence-electron chi connectivity index (χ4n) is 1.77. The molecule has 2 aromatic rings. The van der Waals surface area contributed by atoms with Gasteiger partial charge in [0, 0.05) is 5.71 Å². The summed E-state index contributed by atoms with van der Waals surface area (Å²) >= 11 is 0. The molecule has 0 radical (unpaired) electrons. The fourth-order valence-corrected chi connectivity index (χ4v) is 1.77. The summed E-state index contributed by atoms with van der Waals surface area (Å²) in [4.78, 5) is 0. The van der Waals surface area contributed by atoms with E-state index in [1.807, 2.05) is 36.4 Å². The van der Waals surface area contributed by atoms with Crippen molar-refractivity contribution in [1.82, 2.24) is 0 Å². The second kappa shape index (κ2) is 4.83. The van der Waals surface area contributed by atoms with Crippen molar-refractivity contribution in [2.24, 2.45) is 0 Å². The van der Waals surface area contributed by atoms with Gasteiger partial charge in [0.15, 0.2) is 0 Å². The molecule has 2 rings (SSSR count). The molecule has 0 saturated carbocycles. The third-order valence-corrected chi connectivity index (χ3v) is 2.71. The number of phenolic OH excluding ortho intramolecular Hbond substituents is 1. The molecule has 0 bridgehead atoms. The minimum absolute atomic E-state index is 0.300. The second-order valence-corrected chi connectivity index (χ2v) is 4.17. The lowest BCUT2D eigenvalue weighted by molar-refractivity contribution is 0.474. The van der Waals surface area contributed by atoms with Crippen LogP contribution in [0.5, 0.6) is 5.75 Å². The van der Waals surface area contributed by atoms with E-state index in [1.165, 1.54) is 5.56 Å². The highest BCUT2D eigenvalue weighted by Crippen LogP contribution is 2.15. The van der Waals surface area contributed by atoms with Crippen LogP contribution in [0.1, 0.15) is 23.6 Å². The molecule has 2 aromatic carbocycles. The van der Waals surface area contributed by atoms with E-state index in [0.29, 0.717) is 11.5 Å². The molecule has 86 valence electrons. The van der Waals surface area contributed by atoms with E-state index in [4.69, 9.17) is 5.41 Å². The summed E-state index contributed by atoms with van der Waals surface area (Å²) in [5.41, 5.74) is 3.79. The SMILES string of the molecule is CC(=N)c1ccc(Cc2cccc(O)c2)cc1. The molecule has 0 saturated heterocycles. The molecule has 0 aliphatic heterocycles. The fraction of sp³-hybridized carbons (Fsp3) is 0.133. The maximum Gasteiger partial charge on any atom is 0.115 e. The Morgan fingerprint density at radius 1 is 1.06 bits per heavy atom. The Bertz CT molecular complexity index is 529. The molecule has 0 aliphatic rings. The zero-order valence-corrected chi connectivity index (χ0v) is 9.77. The Morgan fingerprint density at radius 2 is 1.76 bits per heavy atom. The van der Waals surface area contributed by atoms with Gasteiger partial charge in [-0.05, 0) is 42.2 Å².